The molecule has 2 aromatic rings. The number of nitrogens with one attached hydrogen (secondary N) is 1. The molecule has 0 atom stereocenters. The van der Waals surface area contributed by atoms with Crippen molar-refractivity contribution in [2.45, 2.75) is 12.8 Å². The van der Waals surface area contributed by atoms with Crippen LogP contribution in [-0.4, -0.2) is 29.2 Å². The van der Waals surface area contributed by atoms with E-state index in [4.69, 9.17) is 11.6 Å². The number of amides is 1. The highest BCUT2D eigenvalue weighted by molar-refractivity contribution is 6.29. The van der Waals surface area contributed by atoms with Crippen LogP contribution in [-0.2, 0) is 0 Å². The van der Waals surface area contributed by atoms with Gasteiger partial charge in [-0.2, -0.15) is 0 Å². The van der Waals surface area contributed by atoms with Crippen LogP contribution >= 0.6 is 11.6 Å². The van der Waals surface area contributed by atoms with Gasteiger partial charge in [0.05, 0.1) is 0 Å². The number of hydrogen-bond donors (Lipinski definition) is 1. The third-order valence-electron chi connectivity index (χ3n) is 3.46. The Hall–Kier alpha value is -2.14. The van der Waals surface area contributed by atoms with E-state index in [1.54, 1.807) is 12.1 Å². The summed E-state index contributed by atoms with van der Waals surface area (Å²) in [6.07, 6.45) is 2.49. The Bertz CT molecular complexity index is 621. The van der Waals surface area contributed by atoms with E-state index in [9.17, 15) is 4.79 Å². The minimum atomic E-state index is -0.298. The highest BCUT2D eigenvalue weighted by atomic mass is 35.5. The number of benzene rings is 1. The van der Waals surface area contributed by atoms with Gasteiger partial charge in [0.15, 0.2) is 10.8 Å². The summed E-state index contributed by atoms with van der Waals surface area (Å²) in [6.45, 7) is 2.21. The second-order valence-corrected chi connectivity index (χ2v) is 5.32. The predicted octanol–water partition coefficient (Wildman–Crippen LogP) is 2.98. The molecular weight excluding hydrogens is 288 g/mol. The van der Waals surface area contributed by atoms with Gasteiger partial charge in [-0.05, 0) is 49.2 Å². The Morgan fingerprint density at radius 1 is 1.05 bits per heavy atom. The largest absolute Gasteiger partial charge is 0.372 e. The SMILES string of the molecule is O=C(Nc1ccc(N2CCCC2)cc1)c1ccc(Cl)nn1. The number of anilines is 2. The van der Waals surface area contributed by atoms with Crippen molar-refractivity contribution in [3.63, 3.8) is 0 Å². The van der Waals surface area contributed by atoms with E-state index in [-0.39, 0.29) is 16.8 Å². The molecule has 1 aliphatic heterocycles. The van der Waals surface area contributed by atoms with Crippen LogP contribution in [0.4, 0.5) is 11.4 Å². The molecule has 0 saturated carbocycles. The van der Waals surface area contributed by atoms with Crippen molar-refractivity contribution < 1.29 is 4.79 Å². The van der Waals surface area contributed by atoms with Gasteiger partial charge in [0, 0.05) is 24.5 Å². The Morgan fingerprint density at radius 2 is 1.76 bits per heavy atom. The average molecular weight is 303 g/mol. The van der Waals surface area contributed by atoms with E-state index < -0.39 is 0 Å². The number of nitrogens with zero attached hydrogens (tertiary/aromatic N) is 3. The molecule has 1 saturated heterocycles. The standard InChI is InChI=1S/C15H15ClN4O/c16-14-8-7-13(18-19-14)15(21)17-11-3-5-12(6-4-11)20-9-1-2-10-20/h3-8H,1-2,9-10H2,(H,17,21). The molecule has 2 heterocycles. The smallest absolute Gasteiger partial charge is 0.276 e. The number of rotatable bonds is 3. The van der Waals surface area contributed by atoms with E-state index in [0.29, 0.717) is 0 Å². The number of carbonyl (C=O) groups is 1. The molecule has 3 rings (SSSR count). The lowest BCUT2D eigenvalue weighted by atomic mass is 10.2. The summed E-state index contributed by atoms with van der Waals surface area (Å²) in [5.74, 6) is -0.298. The van der Waals surface area contributed by atoms with Crippen LogP contribution < -0.4 is 10.2 Å². The third-order valence-corrected chi connectivity index (χ3v) is 3.66. The lowest BCUT2D eigenvalue weighted by Crippen LogP contribution is -2.17. The van der Waals surface area contributed by atoms with Crippen molar-refractivity contribution in [1.82, 2.24) is 10.2 Å². The minimum absolute atomic E-state index is 0.239. The van der Waals surface area contributed by atoms with Gasteiger partial charge in [-0.25, -0.2) is 0 Å². The van der Waals surface area contributed by atoms with Crippen LogP contribution in [0.1, 0.15) is 23.3 Å². The summed E-state index contributed by atoms with van der Waals surface area (Å²) in [6, 6.07) is 10.9. The normalized spacial score (nSPS) is 14.2. The molecule has 1 aliphatic rings. The minimum Gasteiger partial charge on any atom is -0.372 e. The van der Waals surface area contributed by atoms with Crippen LogP contribution in [0.25, 0.3) is 0 Å². The third kappa shape index (κ3) is 3.31. The van der Waals surface area contributed by atoms with E-state index in [0.717, 1.165) is 18.8 Å². The first-order valence-corrected chi connectivity index (χ1v) is 7.26. The molecule has 0 spiro atoms. The van der Waals surface area contributed by atoms with Crippen LogP contribution in [0, 0.1) is 0 Å². The van der Waals surface area contributed by atoms with Gasteiger partial charge < -0.3 is 10.2 Å². The van der Waals surface area contributed by atoms with Crippen LogP contribution in [0.15, 0.2) is 36.4 Å². The van der Waals surface area contributed by atoms with E-state index in [2.05, 4.69) is 20.4 Å². The molecular formula is C15H15ClN4O. The van der Waals surface area contributed by atoms with Crippen molar-refractivity contribution in [1.29, 1.82) is 0 Å². The molecule has 6 heteroatoms. The predicted molar refractivity (Wildman–Crippen MR) is 82.9 cm³/mol. The molecule has 1 N–H and O–H groups in total. The zero-order valence-corrected chi connectivity index (χ0v) is 12.2. The molecule has 0 radical (unpaired) electrons. The monoisotopic (exact) mass is 302 g/mol. The van der Waals surface area contributed by atoms with E-state index in [1.165, 1.54) is 18.5 Å². The van der Waals surface area contributed by atoms with E-state index in [1.807, 2.05) is 24.3 Å². The first-order valence-electron chi connectivity index (χ1n) is 6.88. The Morgan fingerprint density at radius 3 is 2.38 bits per heavy atom. The zero-order chi connectivity index (χ0) is 14.7. The van der Waals surface area contributed by atoms with Gasteiger partial charge in [-0.1, -0.05) is 11.6 Å². The average Bonchev–Trinajstić information content (AvgIpc) is 3.03. The van der Waals surface area contributed by atoms with Crippen LogP contribution in [0.5, 0.6) is 0 Å². The number of halogens is 1. The zero-order valence-electron chi connectivity index (χ0n) is 11.4. The maximum atomic E-state index is 12.0. The number of carbonyl (C=O) groups excluding carboxylic acids is 1. The van der Waals surface area contributed by atoms with Crippen molar-refractivity contribution in [3.8, 4) is 0 Å². The molecule has 0 bridgehead atoms. The summed E-state index contributed by atoms with van der Waals surface area (Å²) in [7, 11) is 0. The van der Waals surface area contributed by atoms with Gasteiger partial charge in [-0.3, -0.25) is 4.79 Å². The number of hydrogen-bond acceptors (Lipinski definition) is 4. The maximum Gasteiger partial charge on any atom is 0.276 e. The molecule has 1 amide bonds. The Labute approximate surface area is 127 Å². The quantitative estimate of drug-likeness (QED) is 0.947. The maximum absolute atomic E-state index is 12.0. The highest BCUT2D eigenvalue weighted by Crippen LogP contribution is 2.22. The van der Waals surface area contributed by atoms with Crippen molar-refractivity contribution in [2.24, 2.45) is 0 Å². The summed E-state index contributed by atoms with van der Waals surface area (Å²) in [5.41, 5.74) is 2.17. The van der Waals surface area contributed by atoms with Crippen LogP contribution in [0.2, 0.25) is 5.15 Å². The van der Waals surface area contributed by atoms with Crippen LogP contribution in [0.3, 0.4) is 0 Å². The molecule has 1 fully saturated rings. The van der Waals surface area contributed by atoms with Crippen molar-refractivity contribution in [3.05, 3.63) is 47.2 Å². The second kappa shape index (κ2) is 6.10. The fourth-order valence-corrected chi connectivity index (χ4v) is 2.46. The lowest BCUT2D eigenvalue weighted by molar-refractivity contribution is 0.102. The topological polar surface area (TPSA) is 58.1 Å². The summed E-state index contributed by atoms with van der Waals surface area (Å²) in [5, 5.41) is 10.5. The summed E-state index contributed by atoms with van der Waals surface area (Å²) in [4.78, 5) is 14.3. The Kier molecular flexibility index (Phi) is 4.01. The summed E-state index contributed by atoms with van der Waals surface area (Å²) < 4.78 is 0. The molecule has 21 heavy (non-hydrogen) atoms. The fourth-order valence-electron chi connectivity index (χ4n) is 2.36. The van der Waals surface area contributed by atoms with Gasteiger partial charge in [0.25, 0.3) is 5.91 Å². The molecule has 1 aromatic heterocycles. The molecule has 0 aliphatic carbocycles. The van der Waals surface area contributed by atoms with Gasteiger partial charge in [0.1, 0.15) is 0 Å². The lowest BCUT2D eigenvalue weighted by Gasteiger charge is -2.17. The number of aromatic nitrogens is 2. The summed E-state index contributed by atoms with van der Waals surface area (Å²) >= 11 is 5.65. The molecule has 0 unspecified atom stereocenters. The van der Waals surface area contributed by atoms with Gasteiger partial charge >= 0.3 is 0 Å². The molecule has 5 nitrogen and oxygen atoms in total. The van der Waals surface area contributed by atoms with Crippen molar-refractivity contribution in [2.75, 3.05) is 23.3 Å². The highest BCUT2D eigenvalue weighted by Gasteiger charge is 2.12. The van der Waals surface area contributed by atoms with Crippen molar-refractivity contribution >= 4 is 28.9 Å². The van der Waals surface area contributed by atoms with E-state index >= 15 is 0 Å². The fraction of sp³-hybridized carbons (Fsp3) is 0.267. The molecule has 108 valence electrons. The van der Waals surface area contributed by atoms with Gasteiger partial charge in [-0.15, -0.1) is 10.2 Å². The first-order chi connectivity index (χ1) is 10.2. The first kappa shape index (κ1) is 13.8. The second-order valence-electron chi connectivity index (χ2n) is 4.94. The Balaban J connectivity index is 1.67. The molecule has 1 aromatic carbocycles. The van der Waals surface area contributed by atoms with Gasteiger partial charge in [0.2, 0.25) is 0 Å².